The Kier molecular flexibility index (Phi) is 3.88. The zero-order valence-electron chi connectivity index (χ0n) is 13.9. The van der Waals surface area contributed by atoms with Crippen molar-refractivity contribution in [2.24, 2.45) is 0 Å². The Bertz CT molecular complexity index is 697. The Balaban J connectivity index is 1.89. The second-order valence-corrected chi connectivity index (χ2v) is 7.12. The van der Waals surface area contributed by atoms with Crippen LogP contribution in [0.5, 0.6) is 0 Å². The highest BCUT2D eigenvalue weighted by Gasteiger charge is 2.47. The predicted octanol–water partition coefficient (Wildman–Crippen LogP) is 4.87. The molecular formula is C20H23NO2. The van der Waals surface area contributed by atoms with Crippen LogP contribution in [0.4, 0.5) is 4.79 Å². The van der Waals surface area contributed by atoms with Crippen molar-refractivity contribution in [2.75, 3.05) is 0 Å². The fraction of sp³-hybridized carbons (Fsp3) is 0.350. The number of rotatable bonds is 3. The van der Waals surface area contributed by atoms with E-state index in [1.54, 1.807) is 0 Å². The quantitative estimate of drug-likeness (QED) is 0.878. The molecule has 0 unspecified atom stereocenters. The molecule has 1 aliphatic rings. The first-order valence-electron chi connectivity index (χ1n) is 8.06. The summed E-state index contributed by atoms with van der Waals surface area (Å²) in [6.07, 6.45) is 1.53. The molecule has 23 heavy (non-hydrogen) atoms. The molecule has 0 aromatic heterocycles. The monoisotopic (exact) mass is 309 g/mol. The lowest BCUT2D eigenvalue weighted by atomic mass is 9.93. The molecular weight excluding hydrogens is 286 g/mol. The number of amides is 1. The van der Waals surface area contributed by atoms with Gasteiger partial charge in [-0.2, -0.15) is 0 Å². The van der Waals surface area contributed by atoms with Gasteiger partial charge in [-0.3, -0.25) is 0 Å². The molecule has 1 N–H and O–H groups in total. The third-order valence-electron chi connectivity index (χ3n) is 4.02. The molecule has 0 heterocycles. The van der Waals surface area contributed by atoms with E-state index in [1.807, 2.05) is 51.1 Å². The number of hydrogen-bond acceptors (Lipinski definition) is 2. The van der Waals surface area contributed by atoms with E-state index in [0.29, 0.717) is 0 Å². The Morgan fingerprint density at radius 1 is 1.00 bits per heavy atom. The summed E-state index contributed by atoms with van der Waals surface area (Å²) in [6, 6.07) is 18.6. The maximum Gasteiger partial charge on any atom is 0.408 e. The van der Waals surface area contributed by atoms with Crippen molar-refractivity contribution < 1.29 is 9.53 Å². The highest BCUT2D eigenvalue weighted by molar-refractivity contribution is 5.74. The highest BCUT2D eigenvalue weighted by atomic mass is 16.6. The van der Waals surface area contributed by atoms with E-state index in [1.165, 1.54) is 11.1 Å². The van der Waals surface area contributed by atoms with Crippen LogP contribution in [-0.2, 0) is 10.3 Å². The van der Waals surface area contributed by atoms with Crippen molar-refractivity contribution in [1.29, 1.82) is 0 Å². The van der Waals surface area contributed by atoms with E-state index in [2.05, 4.69) is 29.6 Å². The molecule has 2 aromatic rings. The molecule has 0 aliphatic heterocycles. The smallest absolute Gasteiger partial charge is 0.408 e. The van der Waals surface area contributed by atoms with Gasteiger partial charge < -0.3 is 10.1 Å². The molecule has 2 aromatic carbocycles. The van der Waals surface area contributed by atoms with Gasteiger partial charge in [0.25, 0.3) is 0 Å². The van der Waals surface area contributed by atoms with Crippen molar-refractivity contribution in [3.05, 3.63) is 60.2 Å². The van der Waals surface area contributed by atoms with Gasteiger partial charge >= 0.3 is 6.09 Å². The summed E-state index contributed by atoms with van der Waals surface area (Å²) in [5, 5.41) is 3.09. The maximum absolute atomic E-state index is 12.2. The Morgan fingerprint density at radius 3 is 2.22 bits per heavy atom. The fourth-order valence-electron chi connectivity index (χ4n) is 2.86. The number of nitrogens with one attached hydrogen (secondary N) is 1. The predicted molar refractivity (Wildman–Crippen MR) is 92.2 cm³/mol. The van der Waals surface area contributed by atoms with Crippen LogP contribution >= 0.6 is 0 Å². The second-order valence-electron chi connectivity index (χ2n) is 7.12. The molecule has 1 amide bonds. The minimum absolute atomic E-state index is 0.297. The fourth-order valence-corrected chi connectivity index (χ4v) is 2.86. The van der Waals surface area contributed by atoms with Crippen molar-refractivity contribution in [1.82, 2.24) is 5.32 Å². The first-order valence-corrected chi connectivity index (χ1v) is 8.06. The molecule has 120 valence electrons. The van der Waals surface area contributed by atoms with Crippen LogP contribution < -0.4 is 5.32 Å². The lowest BCUT2D eigenvalue weighted by Gasteiger charge is -2.25. The largest absolute Gasteiger partial charge is 0.444 e. The SMILES string of the molecule is CC(C)(C)OC(=O)NC1(c2ccccc2-c2ccccc2)CC1. The molecule has 0 spiro atoms. The molecule has 0 saturated heterocycles. The van der Waals surface area contributed by atoms with Crippen molar-refractivity contribution in [2.45, 2.75) is 44.8 Å². The summed E-state index contributed by atoms with van der Waals surface area (Å²) >= 11 is 0. The van der Waals surface area contributed by atoms with Crippen LogP contribution in [0.2, 0.25) is 0 Å². The zero-order chi connectivity index (χ0) is 16.5. The van der Waals surface area contributed by atoms with Crippen LogP contribution in [-0.4, -0.2) is 11.7 Å². The zero-order valence-corrected chi connectivity index (χ0v) is 13.9. The Morgan fingerprint density at radius 2 is 1.61 bits per heavy atom. The van der Waals surface area contributed by atoms with E-state index in [0.717, 1.165) is 18.4 Å². The van der Waals surface area contributed by atoms with Crippen LogP contribution in [0.15, 0.2) is 54.6 Å². The van der Waals surface area contributed by atoms with E-state index < -0.39 is 5.60 Å². The normalized spacial score (nSPS) is 15.8. The first-order chi connectivity index (χ1) is 10.9. The van der Waals surface area contributed by atoms with Crippen LogP contribution in [0.25, 0.3) is 11.1 Å². The van der Waals surface area contributed by atoms with Gasteiger partial charge in [-0.15, -0.1) is 0 Å². The third kappa shape index (κ3) is 3.55. The number of carbonyl (C=O) groups is 1. The van der Waals surface area contributed by atoms with Crippen molar-refractivity contribution in [3.8, 4) is 11.1 Å². The van der Waals surface area contributed by atoms with Gasteiger partial charge in [-0.25, -0.2) is 4.79 Å². The van der Waals surface area contributed by atoms with E-state index >= 15 is 0 Å². The summed E-state index contributed by atoms with van der Waals surface area (Å²) in [5.41, 5.74) is 2.72. The van der Waals surface area contributed by atoms with E-state index in [4.69, 9.17) is 4.74 Å². The lowest BCUT2D eigenvalue weighted by Crippen LogP contribution is -2.39. The van der Waals surface area contributed by atoms with Crippen LogP contribution in [0.1, 0.15) is 39.2 Å². The summed E-state index contributed by atoms with van der Waals surface area (Å²) in [4.78, 5) is 12.2. The second kappa shape index (κ2) is 5.73. The van der Waals surface area contributed by atoms with Gasteiger partial charge in [0, 0.05) is 0 Å². The van der Waals surface area contributed by atoms with Gasteiger partial charge in [-0.1, -0.05) is 54.6 Å². The summed E-state index contributed by atoms with van der Waals surface area (Å²) in [7, 11) is 0. The first kappa shape index (κ1) is 15.6. The van der Waals surface area contributed by atoms with E-state index in [-0.39, 0.29) is 11.6 Å². The topological polar surface area (TPSA) is 38.3 Å². The molecule has 0 radical (unpaired) electrons. The molecule has 0 bridgehead atoms. The number of benzene rings is 2. The molecule has 3 rings (SSSR count). The Labute approximate surface area is 137 Å². The minimum atomic E-state index is -0.487. The standard InChI is InChI=1S/C20H23NO2/c1-19(2,3)23-18(22)21-20(13-14-20)17-12-8-7-11-16(17)15-9-5-4-6-10-15/h4-12H,13-14H2,1-3H3,(H,21,22). The third-order valence-corrected chi connectivity index (χ3v) is 4.02. The van der Waals surface area contributed by atoms with Gasteiger partial charge in [0.2, 0.25) is 0 Å². The van der Waals surface area contributed by atoms with Gasteiger partial charge in [0.1, 0.15) is 5.60 Å². The highest BCUT2D eigenvalue weighted by Crippen LogP contribution is 2.49. The summed E-state index contributed by atoms with van der Waals surface area (Å²) in [6.45, 7) is 5.64. The molecule has 1 fully saturated rings. The average molecular weight is 309 g/mol. The Hall–Kier alpha value is -2.29. The molecule has 1 saturated carbocycles. The van der Waals surface area contributed by atoms with Crippen LogP contribution in [0.3, 0.4) is 0 Å². The molecule has 0 atom stereocenters. The van der Waals surface area contributed by atoms with Crippen molar-refractivity contribution >= 4 is 6.09 Å². The molecule has 3 heteroatoms. The van der Waals surface area contributed by atoms with Gasteiger partial charge in [-0.05, 0) is 50.3 Å². The average Bonchev–Trinajstić information content (AvgIpc) is 3.27. The number of carbonyl (C=O) groups excluding carboxylic acids is 1. The summed E-state index contributed by atoms with van der Waals surface area (Å²) < 4.78 is 5.43. The van der Waals surface area contributed by atoms with Crippen molar-refractivity contribution in [3.63, 3.8) is 0 Å². The number of ether oxygens (including phenoxy) is 1. The number of alkyl carbamates (subject to hydrolysis) is 1. The minimum Gasteiger partial charge on any atom is -0.444 e. The van der Waals surface area contributed by atoms with Gasteiger partial charge in [0.05, 0.1) is 5.54 Å². The summed E-state index contributed by atoms with van der Waals surface area (Å²) in [5.74, 6) is 0. The maximum atomic E-state index is 12.2. The lowest BCUT2D eigenvalue weighted by molar-refractivity contribution is 0.0495. The number of hydrogen-bond donors (Lipinski definition) is 1. The van der Waals surface area contributed by atoms with Gasteiger partial charge in [0.15, 0.2) is 0 Å². The molecule has 1 aliphatic carbocycles. The van der Waals surface area contributed by atoms with Crippen LogP contribution in [0, 0.1) is 0 Å². The van der Waals surface area contributed by atoms with E-state index in [9.17, 15) is 4.79 Å². The molecule has 3 nitrogen and oxygen atoms in total.